The number of aromatic amines is 1. The van der Waals surface area contributed by atoms with Crippen LogP contribution in [-0.2, 0) is 10.0 Å². The van der Waals surface area contributed by atoms with E-state index in [0.717, 1.165) is 22.0 Å². The molecule has 0 aliphatic carbocycles. The summed E-state index contributed by atoms with van der Waals surface area (Å²) in [5.74, 6) is 0.436. The monoisotopic (exact) mass is 474 g/mol. The van der Waals surface area contributed by atoms with Crippen LogP contribution >= 0.6 is 0 Å². The van der Waals surface area contributed by atoms with Gasteiger partial charge < -0.3 is 16.0 Å². The SMILES string of the molecule is NC1CCN(S(=O)(=O)c2ccc(Nc3ncc(C=Cc4cccc5[nH]ccc45)cn3)cc2)CC1. The van der Waals surface area contributed by atoms with Gasteiger partial charge in [-0.25, -0.2) is 18.4 Å². The maximum Gasteiger partial charge on any atom is 0.243 e. The lowest BCUT2D eigenvalue weighted by Crippen LogP contribution is -2.42. The van der Waals surface area contributed by atoms with E-state index in [9.17, 15) is 8.42 Å². The van der Waals surface area contributed by atoms with Crippen LogP contribution in [0.15, 0.2) is 72.0 Å². The zero-order valence-electron chi connectivity index (χ0n) is 18.6. The predicted molar refractivity (Wildman–Crippen MR) is 135 cm³/mol. The minimum Gasteiger partial charge on any atom is -0.361 e. The fourth-order valence-electron chi connectivity index (χ4n) is 4.03. The Balaban J connectivity index is 1.24. The molecule has 34 heavy (non-hydrogen) atoms. The van der Waals surface area contributed by atoms with E-state index in [0.29, 0.717) is 37.6 Å². The third-order valence-corrected chi connectivity index (χ3v) is 7.92. The van der Waals surface area contributed by atoms with E-state index in [1.54, 1.807) is 36.7 Å². The van der Waals surface area contributed by atoms with E-state index in [4.69, 9.17) is 5.73 Å². The van der Waals surface area contributed by atoms with Crippen molar-refractivity contribution in [2.75, 3.05) is 18.4 Å². The highest BCUT2D eigenvalue weighted by atomic mass is 32.2. The van der Waals surface area contributed by atoms with Gasteiger partial charge in [0.15, 0.2) is 0 Å². The molecular formula is C25H26N6O2S. The lowest BCUT2D eigenvalue weighted by molar-refractivity contribution is 0.320. The molecule has 0 amide bonds. The summed E-state index contributed by atoms with van der Waals surface area (Å²) in [6, 6.07) is 14.9. The van der Waals surface area contributed by atoms with Crippen LogP contribution in [0.4, 0.5) is 11.6 Å². The number of sulfonamides is 1. The van der Waals surface area contributed by atoms with Gasteiger partial charge >= 0.3 is 0 Å². The van der Waals surface area contributed by atoms with Crippen LogP contribution in [0.5, 0.6) is 0 Å². The van der Waals surface area contributed by atoms with Crippen LogP contribution in [0.3, 0.4) is 0 Å². The summed E-state index contributed by atoms with van der Waals surface area (Å²) in [4.78, 5) is 12.2. The van der Waals surface area contributed by atoms with E-state index < -0.39 is 10.0 Å². The van der Waals surface area contributed by atoms with Crippen molar-refractivity contribution < 1.29 is 8.42 Å². The van der Waals surface area contributed by atoms with E-state index in [1.165, 1.54) is 4.31 Å². The number of nitrogens with zero attached hydrogens (tertiary/aromatic N) is 3. The molecule has 0 spiro atoms. The Labute approximate surface area is 198 Å². The second kappa shape index (κ2) is 9.38. The van der Waals surface area contributed by atoms with Gasteiger partial charge in [-0.2, -0.15) is 4.31 Å². The van der Waals surface area contributed by atoms with Gasteiger partial charge in [0.05, 0.1) is 4.90 Å². The quantitative estimate of drug-likeness (QED) is 0.389. The molecule has 174 valence electrons. The Morgan fingerprint density at radius 1 is 1.00 bits per heavy atom. The molecule has 3 heterocycles. The molecule has 1 aliphatic rings. The zero-order valence-corrected chi connectivity index (χ0v) is 19.4. The van der Waals surface area contributed by atoms with Gasteiger partial charge in [-0.3, -0.25) is 0 Å². The number of hydrogen-bond acceptors (Lipinski definition) is 6. The normalized spacial score (nSPS) is 15.8. The van der Waals surface area contributed by atoms with Gasteiger partial charge in [0.1, 0.15) is 0 Å². The lowest BCUT2D eigenvalue weighted by Gasteiger charge is -2.29. The molecule has 4 aromatic rings. The highest BCUT2D eigenvalue weighted by Crippen LogP contribution is 2.23. The van der Waals surface area contributed by atoms with Gasteiger partial charge in [-0.05, 0) is 54.8 Å². The number of hydrogen-bond donors (Lipinski definition) is 3. The van der Waals surface area contributed by atoms with Crippen molar-refractivity contribution in [2.24, 2.45) is 5.73 Å². The first kappa shape index (κ1) is 22.3. The molecule has 4 N–H and O–H groups in total. The first-order valence-electron chi connectivity index (χ1n) is 11.2. The number of piperidine rings is 1. The molecule has 9 heteroatoms. The van der Waals surface area contributed by atoms with E-state index >= 15 is 0 Å². The minimum atomic E-state index is -3.51. The second-order valence-corrected chi connectivity index (χ2v) is 10.3. The maximum atomic E-state index is 12.9. The van der Waals surface area contributed by atoms with E-state index in [1.807, 2.05) is 30.5 Å². The van der Waals surface area contributed by atoms with Gasteiger partial charge in [-0.15, -0.1) is 0 Å². The molecule has 0 saturated carbocycles. The fraction of sp³-hybridized carbons (Fsp3) is 0.200. The summed E-state index contributed by atoms with van der Waals surface area (Å²) in [7, 11) is -3.51. The number of nitrogens with one attached hydrogen (secondary N) is 2. The average Bonchev–Trinajstić information content (AvgIpc) is 3.34. The highest BCUT2D eigenvalue weighted by Gasteiger charge is 2.28. The summed E-state index contributed by atoms with van der Waals surface area (Å²) < 4.78 is 27.2. The van der Waals surface area contributed by atoms with Crippen molar-refractivity contribution in [3.63, 3.8) is 0 Å². The van der Waals surface area contributed by atoms with Gasteiger partial charge in [-0.1, -0.05) is 24.3 Å². The molecule has 1 fully saturated rings. The van der Waals surface area contributed by atoms with Crippen molar-refractivity contribution in [1.29, 1.82) is 0 Å². The summed E-state index contributed by atoms with van der Waals surface area (Å²) >= 11 is 0. The van der Waals surface area contributed by atoms with Crippen LogP contribution in [0.25, 0.3) is 23.1 Å². The molecule has 2 aromatic heterocycles. The number of aromatic nitrogens is 3. The number of rotatable bonds is 6. The topological polar surface area (TPSA) is 117 Å². The predicted octanol–water partition coefficient (Wildman–Crippen LogP) is 3.98. The Bertz CT molecular complexity index is 1400. The fourth-order valence-corrected chi connectivity index (χ4v) is 5.50. The second-order valence-electron chi connectivity index (χ2n) is 8.35. The van der Waals surface area contributed by atoms with Crippen LogP contribution in [0, 0.1) is 0 Å². The Morgan fingerprint density at radius 2 is 1.74 bits per heavy atom. The molecule has 0 bridgehead atoms. The maximum absolute atomic E-state index is 12.9. The number of fused-ring (bicyclic) bond motifs is 1. The molecular weight excluding hydrogens is 448 g/mol. The first-order valence-corrected chi connectivity index (χ1v) is 12.6. The largest absolute Gasteiger partial charge is 0.361 e. The standard InChI is InChI=1S/C25H26N6O2S/c26-20-11-14-31(15-12-20)34(32,33)22-8-6-21(7-9-22)30-25-28-16-18(17-29-25)4-5-19-2-1-3-24-23(19)10-13-27-24/h1-10,13,16-17,20,27H,11-12,14-15,26H2,(H,28,29,30). The third-order valence-electron chi connectivity index (χ3n) is 6.00. The molecule has 0 atom stereocenters. The Kier molecular flexibility index (Phi) is 6.14. The van der Waals surface area contributed by atoms with E-state index in [2.05, 4.69) is 32.4 Å². The molecule has 1 saturated heterocycles. The smallest absolute Gasteiger partial charge is 0.243 e. The first-order chi connectivity index (χ1) is 16.5. The molecule has 8 nitrogen and oxygen atoms in total. The van der Waals surface area contributed by atoms with Crippen molar-refractivity contribution in [3.8, 4) is 0 Å². The van der Waals surface area contributed by atoms with E-state index in [-0.39, 0.29) is 10.9 Å². The lowest BCUT2D eigenvalue weighted by atomic mass is 10.1. The van der Waals surface area contributed by atoms with Crippen molar-refractivity contribution in [3.05, 3.63) is 78.2 Å². The molecule has 5 rings (SSSR count). The Hall–Kier alpha value is -3.53. The summed E-state index contributed by atoms with van der Waals surface area (Å²) in [5.41, 5.74) is 9.69. The number of benzene rings is 2. The summed E-state index contributed by atoms with van der Waals surface area (Å²) in [6.07, 6.45) is 10.8. The van der Waals surface area contributed by atoms with Crippen molar-refractivity contribution in [1.82, 2.24) is 19.3 Å². The molecule has 0 unspecified atom stereocenters. The molecule has 2 aromatic carbocycles. The van der Waals surface area contributed by atoms with Crippen molar-refractivity contribution >= 4 is 44.7 Å². The van der Waals surface area contributed by atoms with Gasteiger partial charge in [0, 0.05) is 59.9 Å². The Morgan fingerprint density at radius 3 is 2.47 bits per heavy atom. The van der Waals surface area contributed by atoms with Gasteiger partial charge in [0.25, 0.3) is 0 Å². The summed E-state index contributed by atoms with van der Waals surface area (Å²) in [5, 5.41) is 4.27. The number of anilines is 2. The minimum absolute atomic E-state index is 0.0772. The number of H-pyrrole nitrogens is 1. The van der Waals surface area contributed by atoms with Crippen molar-refractivity contribution in [2.45, 2.75) is 23.8 Å². The van der Waals surface area contributed by atoms with Gasteiger partial charge in [0.2, 0.25) is 16.0 Å². The highest BCUT2D eigenvalue weighted by molar-refractivity contribution is 7.89. The third kappa shape index (κ3) is 4.72. The number of nitrogens with two attached hydrogens (primary N) is 1. The van der Waals surface area contributed by atoms with Crippen LogP contribution in [-0.4, -0.2) is 46.8 Å². The van der Waals surface area contributed by atoms with Crippen LogP contribution in [0.2, 0.25) is 0 Å². The zero-order chi connectivity index (χ0) is 23.5. The van der Waals surface area contributed by atoms with Crippen LogP contribution < -0.4 is 11.1 Å². The molecule has 1 aliphatic heterocycles. The average molecular weight is 475 g/mol. The molecule has 0 radical (unpaired) electrons. The summed E-state index contributed by atoms with van der Waals surface area (Å²) in [6.45, 7) is 0.914. The van der Waals surface area contributed by atoms with Crippen LogP contribution in [0.1, 0.15) is 24.0 Å².